The molecule has 0 N–H and O–H groups in total. The van der Waals surface area contributed by atoms with Crippen molar-refractivity contribution in [3.63, 3.8) is 0 Å². The molecular formula is C21H22N4OS. The lowest BCUT2D eigenvalue weighted by Gasteiger charge is -2.19. The molecule has 0 unspecified atom stereocenters. The first-order valence-electron chi connectivity index (χ1n) is 9.08. The fourth-order valence-electron chi connectivity index (χ4n) is 2.95. The Kier molecular flexibility index (Phi) is 4.99. The summed E-state index contributed by atoms with van der Waals surface area (Å²) in [5.74, 6) is 1.50. The van der Waals surface area contributed by atoms with Crippen LogP contribution in [0.3, 0.4) is 0 Å². The minimum absolute atomic E-state index is 0.0373. The van der Waals surface area contributed by atoms with Crippen molar-refractivity contribution >= 4 is 17.7 Å². The third-order valence-electron chi connectivity index (χ3n) is 4.55. The van der Waals surface area contributed by atoms with Gasteiger partial charge in [0, 0.05) is 20.0 Å². The standard InChI is InChI=1S/C21H22N4OS/c1-24(2)20(26)18(15-9-5-3-6-10-15)27-21-22-19(16-13-14-16)25(23-21)17-11-7-4-8-12-17/h3-12,16,18H,13-14H2,1-2H3/t18-/m0/s1. The molecule has 2 aromatic carbocycles. The molecule has 5 nitrogen and oxygen atoms in total. The summed E-state index contributed by atoms with van der Waals surface area (Å²) in [4.78, 5) is 19.2. The average Bonchev–Trinajstić information content (AvgIpc) is 3.46. The SMILES string of the molecule is CN(C)C(=O)[C@@H](Sc1nc(C2CC2)n(-c2ccccc2)n1)c1ccccc1. The molecule has 1 aliphatic carbocycles. The zero-order chi connectivity index (χ0) is 18.8. The van der Waals surface area contributed by atoms with Gasteiger partial charge < -0.3 is 4.90 Å². The predicted molar refractivity (Wildman–Crippen MR) is 107 cm³/mol. The number of carbonyl (C=O) groups excluding carboxylic acids is 1. The summed E-state index contributed by atoms with van der Waals surface area (Å²) < 4.78 is 1.93. The van der Waals surface area contributed by atoms with Crippen LogP contribution in [0.25, 0.3) is 5.69 Å². The van der Waals surface area contributed by atoms with E-state index in [1.165, 1.54) is 11.8 Å². The summed E-state index contributed by atoms with van der Waals surface area (Å²) in [5.41, 5.74) is 1.97. The molecule has 3 aromatic rings. The Balaban J connectivity index is 1.69. The van der Waals surface area contributed by atoms with E-state index in [0.29, 0.717) is 11.1 Å². The van der Waals surface area contributed by atoms with E-state index in [2.05, 4.69) is 0 Å². The summed E-state index contributed by atoms with van der Waals surface area (Å²) in [6.07, 6.45) is 2.29. The van der Waals surface area contributed by atoms with Crippen molar-refractivity contribution in [3.8, 4) is 5.69 Å². The number of hydrogen-bond acceptors (Lipinski definition) is 4. The topological polar surface area (TPSA) is 51.0 Å². The molecule has 0 bridgehead atoms. The predicted octanol–water partition coefficient (Wildman–Crippen LogP) is 4.07. The van der Waals surface area contributed by atoms with Gasteiger partial charge in [-0.2, -0.15) is 0 Å². The van der Waals surface area contributed by atoms with Gasteiger partial charge in [0.1, 0.15) is 11.1 Å². The van der Waals surface area contributed by atoms with Gasteiger partial charge in [-0.15, -0.1) is 5.10 Å². The number of likely N-dealkylation sites (N-methyl/N-ethyl adjacent to an activating group) is 1. The minimum atomic E-state index is -0.361. The molecule has 1 atom stereocenters. The van der Waals surface area contributed by atoms with E-state index in [0.717, 1.165) is 29.9 Å². The molecule has 1 aliphatic rings. The maximum atomic E-state index is 12.8. The van der Waals surface area contributed by atoms with Gasteiger partial charge in [-0.05, 0) is 30.5 Å². The second-order valence-corrected chi connectivity index (χ2v) is 7.99. The molecule has 0 aliphatic heterocycles. The molecule has 1 amide bonds. The van der Waals surface area contributed by atoms with Crippen LogP contribution in [0.2, 0.25) is 0 Å². The molecule has 0 radical (unpaired) electrons. The highest BCUT2D eigenvalue weighted by Crippen LogP contribution is 2.42. The van der Waals surface area contributed by atoms with Crippen LogP contribution in [0.1, 0.15) is 35.4 Å². The van der Waals surface area contributed by atoms with Crippen LogP contribution in [-0.4, -0.2) is 39.7 Å². The Morgan fingerprint density at radius 1 is 1.07 bits per heavy atom. The lowest BCUT2D eigenvalue weighted by molar-refractivity contribution is -0.128. The second kappa shape index (κ2) is 7.56. The van der Waals surface area contributed by atoms with E-state index < -0.39 is 0 Å². The molecule has 1 fully saturated rings. The highest BCUT2D eigenvalue weighted by Gasteiger charge is 2.32. The average molecular weight is 379 g/mol. The second-order valence-electron chi connectivity index (χ2n) is 6.92. The van der Waals surface area contributed by atoms with E-state index >= 15 is 0 Å². The van der Waals surface area contributed by atoms with Crippen molar-refractivity contribution in [3.05, 3.63) is 72.1 Å². The van der Waals surface area contributed by atoms with Crippen LogP contribution < -0.4 is 0 Å². The highest BCUT2D eigenvalue weighted by atomic mass is 32.2. The van der Waals surface area contributed by atoms with Gasteiger partial charge in [-0.25, -0.2) is 9.67 Å². The van der Waals surface area contributed by atoms with Gasteiger partial charge in [0.05, 0.1) is 5.69 Å². The quantitative estimate of drug-likeness (QED) is 0.607. The third-order valence-corrected chi connectivity index (χ3v) is 5.64. The molecule has 0 spiro atoms. The summed E-state index contributed by atoms with van der Waals surface area (Å²) in [6.45, 7) is 0. The van der Waals surface area contributed by atoms with Gasteiger partial charge in [-0.3, -0.25) is 4.79 Å². The normalized spacial score (nSPS) is 14.7. The van der Waals surface area contributed by atoms with Crippen LogP contribution in [-0.2, 0) is 4.79 Å². The van der Waals surface area contributed by atoms with Crippen molar-refractivity contribution in [2.24, 2.45) is 0 Å². The fraction of sp³-hybridized carbons (Fsp3) is 0.286. The minimum Gasteiger partial charge on any atom is -0.348 e. The smallest absolute Gasteiger partial charge is 0.240 e. The van der Waals surface area contributed by atoms with Crippen LogP contribution in [0, 0.1) is 0 Å². The molecule has 6 heteroatoms. The number of aromatic nitrogens is 3. The Morgan fingerprint density at radius 3 is 2.30 bits per heavy atom. The van der Waals surface area contributed by atoms with Gasteiger partial charge in [0.2, 0.25) is 11.1 Å². The van der Waals surface area contributed by atoms with Crippen molar-refractivity contribution in [1.82, 2.24) is 19.7 Å². The number of para-hydroxylation sites is 1. The van der Waals surface area contributed by atoms with Crippen molar-refractivity contribution < 1.29 is 4.79 Å². The van der Waals surface area contributed by atoms with Crippen molar-refractivity contribution in [2.75, 3.05) is 14.1 Å². The molecular weight excluding hydrogens is 356 g/mol. The van der Waals surface area contributed by atoms with Crippen LogP contribution in [0.15, 0.2) is 65.8 Å². The van der Waals surface area contributed by atoms with E-state index in [1.807, 2.05) is 65.3 Å². The molecule has 1 heterocycles. The van der Waals surface area contributed by atoms with E-state index in [1.54, 1.807) is 19.0 Å². The fourth-order valence-corrected chi connectivity index (χ4v) is 4.04. The lowest BCUT2D eigenvalue weighted by atomic mass is 10.1. The lowest BCUT2D eigenvalue weighted by Crippen LogP contribution is -2.26. The Morgan fingerprint density at radius 2 is 1.70 bits per heavy atom. The van der Waals surface area contributed by atoms with Crippen LogP contribution in [0.5, 0.6) is 0 Å². The number of nitrogens with zero attached hydrogens (tertiary/aromatic N) is 4. The van der Waals surface area contributed by atoms with Gasteiger partial charge in [-0.1, -0.05) is 60.3 Å². The first-order valence-corrected chi connectivity index (χ1v) is 9.96. The van der Waals surface area contributed by atoms with Gasteiger partial charge in [0.15, 0.2) is 0 Å². The summed E-state index contributed by atoms with van der Waals surface area (Å²) in [6, 6.07) is 19.9. The molecule has 1 aromatic heterocycles. The molecule has 0 saturated heterocycles. The van der Waals surface area contributed by atoms with Crippen LogP contribution >= 0.6 is 11.8 Å². The van der Waals surface area contributed by atoms with Crippen LogP contribution in [0.4, 0.5) is 0 Å². The Labute approximate surface area is 163 Å². The Hall–Kier alpha value is -2.60. The number of hydrogen-bond donors (Lipinski definition) is 0. The number of thioether (sulfide) groups is 1. The third kappa shape index (κ3) is 3.90. The largest absolute Gasteiger partial charge is 0.348 e. The summed E-state index contributed by atoms with van der Waals surface area (Å²) >= 11 is 1.42. The molecule has 138 valence electrons. The van der Waals surface area contributed by atoms with Gasteiger partial charge in [0.25, 0.3) is 0 Å². The maximum Gasteiger partial charge on any atom is 0.240 e. The first kappa shape index (κ1) is 17.8. The number of rotatable bonds is 6. The molecule has 1 saturated carbocycles. The molecule has 27 heavy (non-hydrogen) atoms. The van der Waals surface area contributed by atoms with Gasteiger partial charge >= 0.3 is 0 Å². The van der Waals surface area contributed by atoms with Crippen molar-refractivity contribution in [2.45, 2.75) is 29.2 Å². The van der Waals surface area contributed by atoms with E-state index in [4.69, 9.17) is 10.1 Å². The summed E-state index contributed by atoms with van der Waals surface area (Å²) in [7, 11) is 3.56. The number of carbonyl (C=O) groups is 1. The summed E-state index contributed by atoms with van der Waals surface area (Å²) in [5, 5.41) is 5.03. The first-order chi connectivity index (χ1) is 13.1. The monoisotopic (exact) mass is 378 g/mol. The molecule has 4 rings (SSSR count). The Bertz CT molecular complexity index is 920. The zero-order valence-corrected chi connectivity index (χ0v) is 16.3. The van der Waals surface area contributed by atoms with Crippen molar-refractivity contribution in [1.29, 1.82) is 0 Å². The number of benzene rings is 2. The number of amides is 1. The highest BCUT2D eigenvalue weighted by molar-refractivity contribution is 8.00. The van der Waals surface area contributed by atoms with E-state index in [9.17, 15) is 4.79 Å². The van der Waals surface area contributed by atoms with E-state index in [-0.39, 0.29) is 11.2 Å². The maximum absolute atomic E-state index is 12.8. The zero-order valence-electron chi connectivity index (χ0n) is 15.4.